The molecule has 3 nitrogen and oxygen atoms in total. The van der Waals surface area contributed by atoms with Gasteiger partial charge in [-0.15, -0.1) is 0 Å². The molecule has 1 aromatic carbocycles. The van der Waals surface area contributed by atoms with Crippen LogP contribution < -0.4 is 4.90 Å². The molecule has 1 unspecified atom stereocenters. The third-order valence-electron chi connectivity index (χ3n) is 4.83. The summed E-state index contributed by atoms with van der Waals surface area (Å²) in [7, 11) is 0. The zero-order valence-corrected chi connectivity index (χ0v) is 13.7. The van der Waals surface area contributed by atoms with E-state index >= 15 is 0 Å². The van der Waals surface area contributed by atoms with Crippen molar-refractivity contribution in [2.24, 2.45) is 0 Å². The van der Waals surface area contributed by atoms with E-state index in [1.54, 1.807) is 0 Å². The summed E-state index contributed by atoms with van der Waals surface area (Å²) < 4.78 is 1.05. The lowest BCUT2D eigenvalue weighted by Crippen LogP contribution is -2.54. The number of nitrogens with zero attached hydrogens (tertiary/aromatic N) is 3. The van der Waals surface area contributed by atoms with Gasteiger partial charge < -0.3 is 4.90 Å². The summed E-state index contributed by atoms with van der Waals surface area (Å²) in [5.74, 6) is 0. The van der Waals surface area contributed by atoms with E-state index in [1.165, 1.54) is 43.4 Å². The number of rotatable bonds is 1. The van der Waals surface area contributed by atoms with Crippen molar-refractivity contribution < 1.29 is 0 Å². The number of halogens is 1. The Hall–Kier alpha value is -1.13. The molecular formula is C17H20BrN3. The summed E-state index contributed by atoms with van der Waals surface area (Å²) in [4.78, 5) is 9.87. The first-order valence-electron chi connectivity index (χ1n) is 7.84. The number of fused-ring (bicyclic) bond motifs is 2. The van der Waals surface area contributed by atoms with Crippen LogP contribution in [0.1, 0.15) is 19.3 Å². The molecule has 0 bridgehead atoms. The summed E-state index contributed by atoms with van der Waals surface area (Å²) >= 11 is 3.52. The fourth-order valence-corrected chi connectivity index (χ4v) is 4.10. The molecule has 0 N–H and O–H groups in total. The topological polar surface area (TPSA) is 19.4 Å². The van der Waals surface area contributed by atoms with Crippen molar-refractivity contribution in [2.75, 3.05) is 31.1 Å². The molecule has 1 aromatic heterocycles. The summed E-state index contributed by atoms with van der Waals surface area (Å²) in [5, 5.41) is 1.22. The molecule has 0 amide bonds. The Kier molecular flexibility index (Phi) is 3.59. The molecule has 0 saturated carbocycles. The van der Waals surface area contributed by atoms with E-state index in [0.29, 0.717) is 0 Å². The predicted molar refractivity (Wildman–Crippen MR) is 90.9 cm³/mol. The van der Waals surface area contributed by atoms with E-state index in [4.69, 9.17) is 0 Å². The maximum Gasteiger partial charge on any atom is 0.0936 e. The summed E-state index contributed by atoms with van der Waals surface area (Å²) in [6.45, 7) is 4.75. The normalized spacial score (nSPS) is 23.3. The van der Waals surface area contributed by atoms with E-state index in [9.17, 15) is 0 Å². The average Bonchev–Trinajstić information content (AvgIpc) is 2.53. The molecule has 0 spiro atoms. The first kappa shape index (κ1) is 13.5. The van der Waals surface area contributed by atoms with E-state index in [1.807, 2.05) is 6.20 Å². The minimum Gasteiger partial charge on any atom is -0.367 e. The Morgan fingerprint density at radius 1 is 1.14 bits per heavy atom. The largest absolute Gasteiger partial charge is 0.367 e. The average molecular weight is 346 g/mol. The van der Waals surface area contributed by atoms with Crippen LogP contribution in [0.15, 0.2) is 34.9 Å². The van der Waals surface area contributed by atoms with Gasteiger partial charge in [0, 0.05) is 41.7 Å². The first-order chi connectivity index (χ1) is 10.3. The lowest BCUT2D eigenvalue weighted by atomic mass is 9.99. The van der Waals surface area contributed by atoms with Gasteiger partial charge in [-0.1, -0.05) is 18.6 Å². The van der Waals surface area contributed by atoms with Crippen LogP contribution in [0.4, 0.5) is 5.69 Å². The van der Waals surface area contributed by atoms with Gasteiger partial charge in [0.2, 0.25) is 0 Å². The smallest absolute Gasteiger partial charge is 0.0936 e. The molecule has 2 fully saturated rings. The Morgan fingerprint density at radius 2 is 2.10 bits per heavy atom. The van der Waals surface area contributed by atoms with Gasteiger partial charge in [-0.25, -0.2) is 0 Å². The molecular weight excluding hydrogens is 326 g/mol. The first-order valence-corrected chi connectivity index (χ1v) is 8.64. The highest BCUT2D eigenvalue weighted by atomic mass is 79.9. The molecule has 3 heterocycles. The number of pyridine rings is 1. The third kappa shape index (κ3) is 2.55. The predicted octanol–water partition coefficient (Wildman–Crippen LogP) is 3.67. The van der Waals surface area contributed by atoms with Crippen LogP contribution in [-0.2, 0) is 0 Å². The Morgan fingerprint density at radius 3 is 3.05 bits per heavy atom. The van der Waals surface area contributed by atoms with Crippen molar-refractivity contribution in [1.29, 1.82) is 0 Å². The summed E-state index contributed by atoms with van der Waals surface area (Å²) in [6.07, 6.45) is 6.01. The quantitative estimate of drug-likeness (QED) is 0.785. The zero-order valence-electron chi connectivity index (χ0n) is 12.1. The van der Waals surface area contributed by atoms with Crippen molar-refractivity contribution >= 4 is 32.5 Å². The number of piperazine rings is 1. The maximum atomic E-state index is 4.66. The standard InChI is InChI=1S/C17H20BrN3/c18-14-10-13-4-3-6-16(17(13)19-11-14)21-9-8-20-7-2-1-5-15(20)12-21/h3-4,6,10-11,15H,1-2,5,7-9,12H2. The van der Waals surface area contributed by atoms with Crippen LogP contribution in [0.5, 0.6) is 0 Å². The van der Waals surface area contributed by atoms with Gasteiger partial charge in [0.15, 0.2) is 0 Å². The molecule has 2 aromatic rings. The molecule has 2 aliphatic heterocycles. The number of para-hydroxylation sites is 1. The van der Waals surface area contributed by atoms with Gasteiger partial charge in [-0.2, -0.15) is 0 Å². The number of piperidine rings is 1. The molecule has 2 aliphatic rings. The molecule has 0 aliphatic carbocycles. The van der Waals surface area contributed by atoms with Gasteiger partial charge >= 0.3 is 0 Å². The van der Waals surface area contributed by atoms with E-state index in [-0.39, 0.29) is 0 Å². The van der Waals surface area contributed by atoms with Crippen LogP contribution in [0.25, 0.3) is 10.9 Å². The van der Waals surface area contributed by atoms with Crippen LogP contribution in [0, 0.1) is 0 Å². The highest BCUT2D eigenvalue weighted by Crippen LogP contribution is 2.30. The molecule has 4 rings (SSSR count). The van der Waals surface area contributed by atoms with Gasteiger partial charge in [-0.3, -0.25) is 9.88 Å². The van der Waals surface area contributed by atoms with E-state index in [0.717, 1.165) is 29.1 Å². The van der Waals surface area contributed by atoms with Gasteiger partial charge in [0.25, 0.3) is 0 Å². The third-order valence-corrected chi connectivity index (χ3v) is 5.27. The molecule has 2 saturated heterocycles. The minimum absolute atomic E-state index is 0.734. The van der Waals surface area contributed by atoms with E-state index in [2.05, 4.69) is 55.0 Å². The van der Waals surface area contributed by atoms with Gasteiger partial charge in [-0.05, 0) is 47.4 Å². The second-order valence-electron chi connectivity index (χ2n) is 6.13. The lowest BCUT2D eigenvalue weighted by molar-refractivity contribution is 0.133. The summed E-state index contributed by atoms with van der Waals surface area (Å²) in [5.41, 5.74) is 2.43. The van der Waals surface area contributed by atoms with Gasteiger partial charge in [0.05, 0.1) is 11.2 Å². The number of benzene rings is 1. The van der Waals surface area contributed by atoms with Crippen LogP contribution in [-0.4, -0.2) is 42.1 Å². The van der Waals surface area contributed by atoms with Crippen molar-refractivity contribution in [3.63, 3.8) is 0 Å². The number of hydrogen-bond donors (Lipinski definition) is 0. The Bertz CT molecular complexity index is 658. The molecule has 21 heavy (non-hydrogen) atoms. The molecule has 0 radical (unpaired) electrons. The van der Waals surface area contributed by atoms with Crippen LogP contribution >= 0.6 is 15.9 Å². The van der Waals surface area contributed by atoms with Crippen molar-refractivity contribution in [2.45, 2.75) is 25.3 Å². The van der Waals surface area contributed by atoms with Crippen molar-refractivity contribution in [1.82, 2.24) is 9.88 Å². The minimum atomic E-state index is 0.734. The lowest BCUT2D eigenvalue weighted by Gasteiger charge is -2.45. The molecule has 4 heteroatoms. The van der Waals surface area contributed by atoms with Crippen molar-refractivity contribution in [3.8, 4) is 0 Å². The summed E-state index contributed by atoms with van der Waals surface area (Å²) in [6, 6.07) is 9.41. The zero-order chi connectivity index (χ0) is 14.2. The van der Waals surface area contributed by atoms with E-state index < -0.39 is 0 Å². The SMILES string of the molecule is Brc1cnc2c(N3CCN4CCCCC4C3)cccc2c1. The Balaban J connectivity index is 1.67. The van der Waals surface area contributed by atoms with Crippen LogP contribution in [0.3, 0.4) is 0 Å². The molecule has 1 atom stereocenters. The maximum absolute atomic E-state index is 4.66. The second-order valence-corrected chi connectivity index (χ2v) is 7.05. The number of hydrogen-bond acceptors (Lipinski definition) is 3. The van der Waals surface area contributed by atoms with Gasteiger partial charge in [0.1, 0.15) is 0 Å². The second kappa shape index (κ2) is 5.58. The highest BCUT2D eigenvalue weighted by molar-refractivity contribution is 9.10. The highest BCUT2D eigenvalue weighted by Gasteiger charge is 2.29. The van der Waals surface area contributed by atoms with Crippen molar-refractivity contribution in [3.05, 3.63) is 34.9 Å². The molecule has 110 valence electrons. The number of aromatic nitrogens is 1. The van der Waals surface area contributed by atoms with Crippen LogP contribution in [0.2, 0.25) is 0 Å². The fraction of sp³-hybridized carbons (Fsp3) is 0.471. The fourth-order valence-electron chi connectivity index (χ4n) is 3.75. The number of anilines is 1. The Labute approximate surface area is 134 Å². The monoisotopic (exact) mass is 345 g/mol.